The summed E-state index contributed by atoms with van der Waals surface area (Å²) in [5, 5.41) is 0. The Morgan fingerprint density at radius 1 is 1.13 bits per heavy atom. The third-order valence-electron chi connectivity index (χ3n) is 6.34. The molecule has 0 aromatic heterocycles. The normalized spacial score (nSPS) is 24.0. The monoisotopic (exact) mass is 439 g/mol. The molecule has 170 valence electrons. The molecule has 1 saturated carbocycles. The van der Waals surface area contributed by atoms with Gasteiger partial charge in [-0.05, 0) is 63.1 Å². The van der Waals surface area contributed by atoms with E-state index in [0.717, 1.165) is 25.0 Å². The van der Waals surface area contributed by atoms with Crippen LogP contribution in [-0.4, -0.2) is 30.3 Å². The summed E-state index contributed by atoms with van der Waals surface area (Å²) < 4.78 is 44.4. The number of ether oxygens (including phenoxy) is 1. The molecule has 1 aliphatic heterocycles. The summed E-state index contributed by atoms with van der Waals surface area (Å²) in [4.78, 5) is 39.2. The van der Waals surface area contributed by atoms with Gasteiger partial charge in [0.15, 0.2) is 5.78 Å². The molecule has 0 radical (unpaired) electrons. The van der Waals surface area contributed by atoms with Gasteiger partial charge in [-0.2, -0.15) is 13.2 Å². The van der Waals surface area contributed by atoms with Crippen molar-refractivity contribution in [3.8, 4) is 0 Å². The fourth-order valence-corrected chi connectivity index (χ4v) is 4.65. The van der Waals surface area contributed by atoms with Crippen molar-refractivity contribution < 1.29 is 32.3 Å². The molecule has 0 bridgehead atoms. The second-order valence-electron chi connectivity index (χ2n) is 8.35. The van der Waals surface area contributed by atoms with Crippen molar-refractivity contribution in [2.75, 3.05) is 11.5 Å². The molecule has 8 heteroatoms. The van der Waals surface area contributed by atoms with Crippen LogP contribution in [0.15, 0.2) is 18.2 Å². The van der Waals surface area contributed by atoms with E-state index >= 15 is 0 Å². The van der Waals surface area contributed by atoms with E-state index in [1.165, 1.54) is 6.07 Å². The highest BCUT2D eigenvalue weighted by Gasteiger charge is 2.40. The summed E-state index contributed by atoms with van der Waals surface area (Å²) in [5.41, 5.74) is -0.653. The maximum Gasteiger partial charge on any atom is 0.416 e. The van der Waals surface area contributed by atoms with Gasteiger partial charge < -0.3 is 9.64 Å². The van der Waals surface area contributed by atoms with E-state index < -0.39 is 11.7 Å². The van der Waals surface area contributed by atoms with Crippen molar-refractivity contribution >= 4 is 23.3 Å². The van der Waals surface area contributed by atoms with Gasteiger partial charge in [0.2, 0.25) is 5.91 Å². The number of carbonyl (C=O) groups is 3. The molecule has 1 aromatic carbocycles. The SMILES string of the molecule is CCOC(=O)CC1CCC(C(=O)N2c3ccc(C(F)(F)F)cc3C(=O)C[C@H]2CC)CC1. The maximum absolute atomic E-state index is 13.4. The van der Waals surface area contributed by atoms with Gasteiger partial charge in [-0.1, -0.05) is 6.92 Å². The van der Waals surface area contributed by atoms with Crippen molar-refractivity contribution in [1.29, 1.82) is 0 Å². The molecule has 0 spiro atoms. The zero-order valence-corrected chi connectivity index (χ0v) is 17.8. The maximum atomic E-state index is 13.4. The molecule has 1 amide bonds. The Bertz CT molecular complexity index is 844. The van der Waals surface area contributed by atoms with Crippen LogP contribution in [0.3, 0.4) is 0 Å². The van der Waals surface area contributed by atoms with Gasteiger partial charge in [-0.3, -0.25) is 14.4 Å². The molecular formula is C23H28F3NO4. The number of rotatable bonds is 5. The molecule has 0 saturated heterocycles. The van der Waals surface area contributed by atoms with Crippen LogP contribution in [0.4, 0.5) is 18.9 Å². The molecule has 1 fully saturated rings. The van der Waals surface area contributed by atoms with Crippen molar-refractivity contribution in [2.24, 2.45) is 11.8 Å². The summed E-state index contributed by atoms with van der Waals surface area (Å²) in [7, 11) is 0. The molecule has 2 aliphatic rings. The minimum Gasteiger partial charge on any atom is -0.466 e. The van der Waals surface area contributed by atoms with E-state index in [1.54, 1.807) is 11.8 Å². The first kappa shape index (κ1) is 23.3. The predicted molar refractivity (Wildman–Crippen MR) is 109 cm³/mol. The standard InChI is InChI=1S/C23H28F3NO4/c1-3-17-13-20(28)18-12-16(23(24,25)26)9-10-19(18)27(17)22(30)15-7-5-14(6-8-15)11-21(29)31-4-2/h9-10,12,14-15,17H,3-8,11,13H2,1-2H3/t14?,15?,17-/m1/s1. The average molecular weight is 439 g/mol. The largest absolute Gasteiger partial charge is 0.466 e. The number of amides is 1. The first-order valence-electron chi connectivity index (χ1n) is 10.9. The summed E-state index contributed by atoms with van der Waals surface area (Å²) in [6, 6.07) is 2.68. The van der Waals surface area contributed by atoms with Crippen LogP contribution in [0, 0.1) is 11.8 Å². The van der Waals surface area contributed by atoms with Crippen molar-refractivity contribution in [2.45, 2.75) is 71.0 Å². The molecule has 0 unspecified atom stereocenters. The number of Topliss-reactive ketones (excluding diaryl/α,β-unsaturated/α-hetero) is 1. The van der Waals surface area contributed by atoms with Crippen LogP contribution in [0.2, 0.25) is 0 Å². The van der Waals surface area contributed by atoms with Crippen LogP contribution in [0.5, 0.6) is 0 Å². The lowest BCUT2D eigenvalue weighted by molar-refractivity contribution is -0.144. The van der Waals surface area contributed by atoms with Crippen LogP contribution in [-0.2, 0) is 20.5 Å². The summed E-state index contributed by atoms with van der Waals surface area (Å²) in [6.45, 7) is 3.97. The van der Waals surface area contributed by atoms with Gasteiger partial charge in [0, 0.05) is 30.4 Å². The highest BCUT2D eigenvalue weighted by atomic mass is 19.4. The number of fused-ring (bicyclic) bond motifs is 1. The number of nitrogens with zero attached hydrogens (tertiary/aromatic N) is 1. The molecule has 5 nitrogen and oxygen atoms in total. The lowest BCUT2D eigenvalue weighted by Crippen LogP contribution is -2.48. The average Bonchev–Trinajstić information content (AvgIpc) is 2.73. The first-order chi connectivity index (χ1) is 14.7. The lowest BCUT2D eigenvalue weighted by Gasteiger charge is -2.39. The van der Waals surface area contributed by atoms with E-state index in [-0.39, 0.29) is 53.2 Å². The zero-order valence-electron chi connectivity index (χ0n) is 17.8. The van der Waals surface area contributed by atoms with E-state index in [0.29, 0.717) is 32.3 Å². The number of esters is 1. The summed E-state index contributed by atoms with van der Waals surface area (Å²) in [5.74, 6) is -0.831. The molecular weight excluding hydrogens is 411 g/mol. The van der Waals surface area contributed by atoms with Gasteiger partial charge in [0.05, 0.1) is 17.9 Å². The molecule has 31 heavy (non-hydrogen) atoms. The van der Waals surface area contributed by atoms with Gasteiger partial charge >= 0.3 is 12.1 Å². The van der Waals surface area contributed by atoms with E-state index in [9.17, 15) is 27.6 Å². The highest BCUT2D eigenvalue weighted by Crippen LogP contribution is 2.40. The van der Waals surface area contributed by atoms with Crippen LogP contribution in [0.25, 0.3) is 0 Å². The lowest BCUT2D eigenvalue weighted by atomic mass is 9.79. The van der Waals surface area contributed by atoms with Crippen LogP contribution in [0.1, 0.15) is 74.7 Å². The van der Waals surface area contributed by atoms with Gasteiger partial charge in [-0.25, -0.2) is 0 Å². The molecule has 1 aliphatic carbocycles. The minimum absolute atomic E-state index is 0.0226. The first-order valence-corrected chi connectivity index (χ1v) is 10.9. The second-order valence-corrected chi connectivity index (χ2v) is 8.35. The van der Waals surface area contributed by atoms with Crippen molar-refractivity contribution in [1.82, 2.24) is 0 Å². The number of carbonyl (C=O) groups excluding carboxylic acids is 3. The third-order valence-corrected chi connectivity index (χ3v) is 6.34. The van der Waals surface area contributed by atoms with Crippen LogP contribution < -0.4 is 4.90 Å². The van der Waals surface area contributed by atoms with E-state index in [2.05, 4.69) is 0 Å². The van der Waals surface area contributed by atoms with Gasteiger partial charge in [0.1, 0.15) is 0 Å². The number of ketones is 1. The molecule has 1 aromatic rings. The Balaban J connectivity index is 1.78. The van der Waals surface area contributed by atoms with E-state index in [4.69, 9.17) is 4.74 Å². The fraction of sp³-hybridized carbons (Fsp3) is 0.609. The quantitative estimate of drug-likeness (QED) is 0.595. The smallest absolute Gasteiger partial charge is 0.416 e. The Morgan fingerprint density at radius 3 is 2.39 bits per heavy atom. The van der Waals surface area contributed by atoms with Crippen molar-refractivity contribution in [3.63, 3.8) is 0 Å². The van der Waals surface area contributed by atoms with E-state index in [1.807, 2.05) is 6.92 Å². The number of anilines is 1. The Kier molecular flexibility index (Phi) is 7.06. The number of benzene rings is 1. The third kappa shape index (κ3) is 5.10. The summed E-state index contributed by atoms with van der Waals surface area (Å²) in [6.07, 6.45) is -0.988. The predicted octanol–water partition coefficient (Wildman–Crippen LogP) is 5.16. The van der Waals surface area contributed by atoms with Crippen LogP contribution >= 0.6 is 0 Å². The minimum atomic E-state index is -4.55. The highest BCUT2D eigenvalue weighted by molar-refractivity contribution is 6.10. The molecule has 0 N–H and O–H groups in total. The molecule has 1 atom stereocenters. The zero-order chi connectivity index (χ0) is 22.8. The second kappa shape index (κ2) is 9.40. The molecule has 3 rings (SSSR count). The van der Waals surface area contributed by atoms with Crippen molar-refractivity contribution in [3.05, 3.63) is 29.3 Å². The number of alkyl halides is 3. The fourth-order valence-electron chi connectivity index (χ4n) is 4.65. The number of hydrogen-bond acceptors (Lipinski definition) is 4. The summed E-state index contributed by atoms with van der Waals surface area (Å²) >= 11 is 0. The molecule has 1 heterocycles. The van der Waals surface area contributed by atoms with Gasteiger partial charge in [0.25, 0.3) is 0 Å². The Hall–Kier alpha value is -2.38. The number of halogens is 3. The number of hydrogen-bond donors (Lipinski definition) is 0. The Labute approximate surface area is 179 Å². The van der Waals surface area contributed by atoms with Gasteiger partial charge in [-0.15, -0.1) is 0 Å². The Morgan fingerprint density at radius 2 is 1.81 bits per heavy atom. The topological polar surface area (TPSA) is 63.7 Å².